The minimum atomic E-state index is -0.924. The van der Waals surface area contributed by atoms with E-state index in [0.717, 1.165) is 11.3 Å². The standard InChI is InChI=1S/C24H25N3O6/c1-23(2)18-14-16(25-21(28)5-4-6-22(29)30)7-9-19(18)26(3)24(23)12-11-15-13-17(27(31)32)8-10-20(15)33-24/h7-14H,4-6H2,1-3H3,(H,25,28)(H,29,30). The second kappa shape index (κ2) is 7.91. The summed E-state index contributed by atoms with van der Waals surface area (Å²) in [7, 11) is 1.93. The number of carboxylic acids is 1. The third kappa shape index (κ3) is 3.69. The van der Waals surface area contributed by atoms with E-state index in [1.165, 1.54) is 12.1 Å². The van der Waals surface area contributed by atoms with Crippen LogP contribution < -0.4 is 15.0 Å². The molecule has 1 atom stereocenters. The fourth-order valence-corrected chi connectivity index (χ4v) is 4.61. The molecule has 4 rings (SSSR count). The monoisotopic (exact) mass is 451 g/mol. The summed E-state index contributed by atoms with van der Waals surface area (Å²) < 4.78 is 6.50. The van der Waals surface area contributed by atoms with E-state index in [0.29, 0.717) is 17.0 Å². The molecule has 0 aromatic heterocycles. The lowest BCUT2D eigenvalue weighted by Crippen LogP contribution is -2.58. The van der Waals surface area contributed by atoms with Crippen molar-refractivity contribution in [3.05, 3.63) is 63.7 Å². The third-order valence-electron chi connectivity index (χ3n) is 6.46. The lowest BCUT2D eigenvalue weighted by atomic mass is 9.76. The molecule has 2 heterocycles. The Balaban J connectivity index is 1.61. The number of aliphatic carboxylic acids is 1. The molecule has 0 aliphatic carbocycles. The van der Waals surface area contributed by atoms with Gasteiger partial charge in [0, 0.05) is 49.0 Å². The molecule has 1 spiro atoms. The Hall–Kier alpha value is -3.88. The van der Waals surface area contributed by atoms with Crippen molar-refractivity contribution in [2.45, 2.75) is 44.2 Å². The van der Waals surface area contributed by atoms with E-state index < -0.39 is 22.0 Å². The Bertz CT molecular complexity index is 1190. The van der Waals surface area contributed by atoms with Crippen LogP contribution in [0.2, 0.25) is 0 Å². The SMILES string of the molecule is CN1c2ccc(NC(=O)CCCC(=O)O)cc2C(C)(C)C12C=Cc1cc([N+](=O)[O-])ccc1O2. The van der Waals surface area contributed by atoms with Gasteiger partial charge in [0.25, 0.3) is 5.69 Å². The summed E-state index contributed by atoms with van der Waals surface area (Å²) in [6.07, 6.45) is 4.13. The maximum atomic E-state index is 12.2. The second-order valence-corrected chi connectivity index (χ2v) is 8.82. The van der Waals surface area contributed by atoms with Gasteiger partial charge in [-0.3, -0.25) is 19.7 Å². The summed E-state index contributed by atoms with van der Waals surface area (Å²) in [5.74, 6) is -0.602. The fraction of sp³-hybridized carbons (Fsp3) is 0.333. The molecule has 0 bridgehead atoms. The number of likely N-dealkylation sites (N-methyl/N-ethyl adjacent to an activating group) is 1. The minimum Gasteiger partial charge on any atom is -0.481 e. The minimum absolute atomic E-state index is 0.00371. The Morgan fingerprint density at radius 3 is 2.64 bits per heavy atom. The zero-order chi connectivity index (χ0) is 24.0. The van der Waals surface area contributed by atoms with Crippen molar-refractivity contribution < 1.29 is 24.4 Å². The van der Waals surface area contributed by atoms with Crippen molar-refractivity contribution in [1.82, 2.24) is 0 Å². The number of non-ortho nitro benzene ring substituents is 1. The third-order valence-corrected chi connectivity index (χ3v) is 6.46. The summed E-state index contributed by atoms with van der Waals surface area (Å²) in [5.41, 5.74) is 1.80. The van der Waals surface area contributed by atoms with E-state index >= 15 is 0 Å². The highest BCUT2D eigenvalue weighted by molar-refractivity contribution is 5.91. The van der Waals surface area contributed by atoms with Crippen LogP contribution in [0.1, 0.15) is 44.2 Å². The van der Waals surface area contributed by atoms with Gasteiger partial charge in [-0.05, 0) is 62.2 Å². The number of fused-ring (bicyclic) bond motifs is 2. The van der Waals surface area contributed by atoms with Gasteiger partial charge in [0.2, 0.25) is 11.6 Å². The van der Waals surface area contributed by atoms with Crippen molar-refractivity contribution in [3.8, 4) is 5.75 Å². The number of nitrogens with zero attached hydrogens (tertiary/aromatic N) is 2. The molecule has 2 aliphatic heterocycles. The van der Waals surface area contributed by atoms with E-state index in [1.54, 1.807) is 6.07 Å². The summed E-state index contributed by atoms with van der Waals surface area (Å²) in [6, 6.07) is 10.2. The first kappa shape index (κ1) is 22.3. The number of nitro groups is 1. The molecule has 172 valence electrons. The van der Waals surface area contributed by atoms with E-state index in [1.807, 2.05) is 42.3 Å². The van der Waals surface area contributed by atoms with Crippen LogP contribution in [0.25, 0.3) is 6.08 Å². The number of ether oxygens (including phenoxy) is 1. The summed E-state index contributed by atoms with van der Waals surface area (Å²) in [4.78, 5) is 35.6. The molecule has 2 aromatic rings. The first-order valence-electron chi connectivity index (χ1n) is 10.6. The summed E-state index contributed by atoms with van der Waals surface area (Å²) in [6.45, 7) is 4.10. The number of benzene rings is 2. The first-order valence-corrected chi connectivity index (χ1v) is 10.6. The van der Waals surface area contributed by atoms with Crippen LogP contribution >= 0.6 is 0 Å². The van der Waals surface area contributed by atoms with E-state index in [2.05, 4.69) is 19.2 Å². The highest BCUT2D eigenvalue weighted by Gasteiger charge is 2.57. The predicted octanol–water partition coefficient (Wildman–Crippen LogP) is 4.32. The number of nitrogens with one attached hydrogen (secondary N) is 1. The van der Waals surface area contributed by atoms with Gasteiger partial charge in [0.1, 0.15) is 5.75 Å². The molecular formula is C24H25N3O6. The smallest absolute Gasteiger partial charge is 0.303 e. The van der Waals surface area contributed by atoms with E-state index in [-0.39, 0.29) is 30.9 Å². The normalized spacial score (nSPS) is 19.5. The van der Waals surface area contributed by atoms with Crippen LogP contribution in [0.4, 0.5) is 17.1 Å². The van der Waals surface area contributed by atoms with E-state index in [9.17, 15) is 19.7 Å². The number of nitro benzene ring substituents is 1. The van der Waals surface area contributed by atoms with Crippen molar-refractivity contribution >= 4 is 35.0 Å². The molecule has 1 unspecified atom stereocenters. The lowest BCUT2D eigenvalue weighted by Gasteiger charge is -2.45. The van der Waals surface area contributed by atoms with Crippen molar-refractivity contribution in [3.63, 3.8) is 0 Å². The van der Waals surface area contributed by atoms with Crippen LogP contribution in [0.15, 0.2) is 42.5 Å². The quantitative estimate of drug-likeness (QED) is 0.495. The van der Waals surface area contributed by atoms with Crippen LogP contribution in [-0.2, 0) is 15.0 Å². The molecule has 9 heteroatoms. The van der Waals surface area contributed by atoms with Crippen LogP contribution in [-0.4, -0.2) is 34.7 Å². The Morgan fingerprint density at radius 1 is 1.18 bits per heavy atom. The Morgan fingerprint density at radius 2 is 1.94 bits per heavy atom. The molecule has 33 heavy (non-hydrogen) atoms. The first-order chi connectivity index (χ1) is 15.5. The van der Waals surface area contributed by atoms with Gasteiger partial charge in [0.15, 0.2) is 0 Å². The van der Waals surface area contributed by atoms with Gasteiger partial charge >= 0.3 is 5.97 Å². The molecule has 0 saturated carbocycles. The number of hydrogen-bond acceptors (Lipinski definition) is 6. The largest absolute Gasteiger partial charge is 0.481 e. The number of amides is 1. The van der Waals surface area contributed by atoms with Gasteiger partial charge in [-0.15, -0.1) is 0 Å². The number of hydrogen-bond donors (Lipinski definition) is 2. The maximum Gasteiger partial charge on any atom is 0.303 e. The molecule has 2 aromatic carbocycles. The zero-order valence-corrected chi connectivity index (χ0v) is 18.6. The average Bonchev–Trinajstić information content (AvgIpc) is 2.91. The number of carboxylic acid groups (broad SMARTS) is 1. The van der Waals surface area contributed by atoms with Crippen LogP contribution in [0.5, 0.6) is 5.75 Å². The molecule has 1 amide bonds. The topological polar surface area (TPSA) is 122 Å². The lowest BCUT2D eigenvalue weighted by molar-refractivity contribution is -0.384. The molecule has 0 radical (unpaired) electrons. The summed E-state index contributed by atoms with van der Waals surface area (Å²) in [5, 5.41) is 22.7. The fourth-order valence-electron chi connectivity index (χ4n) is 4.61. The van der Waals surface area contributed by atoms with Crippen molar-refractivity contribution in [2.75, 3.05) is 17.3 Å². The van der Waals surface area contributed by atoms with Gasteiger partial charge in [-0.1, -0.05) is 0 Å². The van der Waals surface area contributed by atoms with Gasteiger partial charge in [0.05, 0.1) is 10.3 Å². The van der Waals surface area contributed by atoms with Crippen molar-refractivity contribution in [1.29, 1.82) is 0 Å². The van der Waals surface area contributed by atoms with E-state index in [4.69, 9.17) is 9.84 Å². The molecule has 0 saturated heterocycles. The Kier molecular flexibility index (Phi) is 5.35. The van der Waals surface area contributed by atoms with Crippen LogP contribution in [0.3, 0.4) is 0 Å². The molecule has 2 aliphatic rings. The number of carbonyl (C=O) groups excluding carboxylic acids is 1. The number of anilines is 2. The molecular weight excluding hydrogens is 426 g/mol. The van der Waals surface area contributed by atoms with Gasteiger partial charge in [-0.25, -0.2) is 0 Å². The van der Waals surface area contributed by atoms with Gasteiger partial charge < -0.3 is 20.1 Å². The molecule has 2 N–H and O–H groups in total. The van der Waals surface area contributed by atoms with Gasteiger partial charge in [-0.2, -0.15) is 0 Å². The van der Waals surface area contributed by atoms with Crippen molar-refractivity contribution in [2.24, 2.45) is 0 Å². The zero-order valence-electron chi connectivity index (χ0n) is 18.6. The van der Waals surface area contributed by atoms with Crippen LogP contribution in [0, 0.1) is 10.1 Å². The molecule has 0 fully saturated rings. The predicted molar refractivity (Wildman–Crippen MR) is 123 cm³/mol. The maximum absolute atomic E-state index is 12.2. The molecule has 9 nitrogen and oxygen atoms in total. The number of rotatable bonds is 6. The number of carbonyl (C=O) groups is 2. The Labute approximate surface area is 190 Å². The highest BCUT2D eigenvalue weighted by Crippen LogP contribution is 2.54. The second-order valence-electron chi connectivity index (χ2n) is 8.82. The highest BCUT2D eigenvalue weighted by atomic mass is 16.6. The average molecular weight is 451 g/mol. The summed E-state index contributed by atoms with van der Waals surface area (Å²) >= 11 is 0.